The maximum absolute atomic E-state index is 12.8. The maximum atomic E-state index is 12.8. The normalized spacial score (nSPS) is 17.1. The van der Waals surface area contributed by atoms with E-state index >= 15 is 0 Å². The quantitative estimate of drug-likeness (QED) is 0.892. The van der Waals surface area contributed by atoms with E-state index in [9.17, 15) is 9.18 Å². The summed E-state index contributed by atoms with van der Waals surface area (Å²) >= 11 is 0. The highest BCUT2D eigenvalue weighted by Gasteiger charge is 2.20. The van der Waals surface area contributed by atoms with Crippen molar-refractivity contribution in [2.45, 2.75) is 18.9 Å². The van der Waals surface area contributed by atoms with Crippen molar-refractivity contribution < 1.29 is 13.9 Å². The highest BCUT2D eigenvalue weighted by atomic mass is 19.1. The van der Waals surface area contributed by atoms with E-state index < -0.39 is 0 Å². The Labute approximate surface area is 118 Å². The molecule has 1 aliphatic rings. The number of rotatable bonds is 5. The first-order valence-corrected chi connectivity index (χ1v) is 6.97. The SMILES string of the molecule is COCCN1CCC(NC(=O)c2ccc(F)cc2)CC1. The molecule has 1 aromatic carbocycles. The maximum Gasteiger partial charge on any atom is 0.251 e. The van der Waals surface area contributed by atoms with E-state index in [1.54, 1.807) is 7.11 Å². The number of methoxy groups -OCH3 is 1. The van der Waals surface area contributed by atoms with E-state index in [-0.39, 0.29) is 17.8 Å². The van der Waals surface area contributed by atoms with E-state index in [4.69, 9.17) is 4.74 Å². The summed E-state index contributed by atoms with van der Waals surface area (Å²) in [6.07, 6.45) is 1.88. The second-order valence-corrected chi connectivity index (χ2v) is 5.09. The summed E-state index contributed by atoms with van der Waals surface area (Å²) in [6, 6.07) is 5.84. The number of hydrogen-bond donors (Lipinski definition) is 1. The largest absolute Gasteiger partial charge is 0.383 e. The van der Waals surface area contributed by atoms with Crippen LogP contribution in [-0.4, -0.2) is 50.2 Å². The average molecular weight is 280 g/mol. The third kappa shape index (κ3) is 4.28. The Bertz CT molecular complexity index is 428. The first-order valence-electron chi connectivity index (χ1n) is 6.97. The zero-order chi connectivity index (χ0) is 14.4. The van der Waals surface area contributed by atoms with Crippen molar-refractivity contribution in [3.8, 4) is 0 Å². The molecule has 1 saturated heterocycles. The number of benzene rings is 1. The molecule has 5 heteroatoms. The summed E-state index contributed by atoms with van der Waals surface area (Å²) in [5.74, 6) is -0.451. The van der Waals surface area contributed by atoms with Gasteiger partial charge >= 0.3 is 0 Å². The Morgan fingerprint density at radius 1 is 1.35 bits per heavy atom. The number of ether oxygens (including phenoxy) is 1. The number of nitrogens with zero attached hydrogens (tertiary/aromatic N) is 1. The summed E-state index contributed by atoms with van der Waals surface area (Å²) < 4.78 is 17.9. The molecule has 0 aliphatic carbocycles. The molecule has 0 atom stereocenters. The van der Waals surface area contributed by atoms with Gasteiger partial charge in [0.2, 0.25) is 0 Å². The van der Waals surface area contributed by atoms with Crippen molar-refractivity contribution >= 4 is 5.91 Å². The van der Waals surface area contributed by atoms with E-state index in [0.29, 0.717) is 5.56 Å². The van der Waals surface area contributed by atoms with Gasteiger partial charge < -0.3 is 15.0 Å². The summed E-state index contributed by atoms with van der Waals surface area (Å²) in [6.45, 7) is 3.62. The zero-order valence-corrected chi connectivity index (χ0v) is 11.8. The molecular weight excluding hydrogens is 259 g/mol. The monoisotopic (exact) mass is 280 g/mol. The smallest absolute Gasteiger partial charge is 0.251 e. The number of carbonyl (C=O) groups is 1. The summed E-state index contributed by atoms with van der Waals surface area (Å²) in [5, 5.41) is 3.01. The molecule has 20 heavy (non-hydrogen) atoms. The number of carbonyl (C=O) groups excluding carboxylic acids is 1. The molecule has 4 nitrogen and oxygen atoms in total. The van der Waals surface area contributed by atoms with Crippen LogP contribution in [-0.2, 0) is 4.74 Å². The van der Waals surface area contributed by atoms with E-state index in [1.165, 1.54) is 24.3 Å². The number of piperidine rings is 1. The van der Waals surface area contributed by atoms with Gasteiger partial charge in [-0.2, -0.15) is 0 Å². The van der Waals surface area contributed by atoms with Gasteiger partial charge in [0.15, 0.2) is 0 Å². The fraction of sp³-hybridized carbons (Fsp3) is 0.533. The average Bonchev–Trinajstić information content (AvgIpc) is 2.47. The van der Waals surface area contributed by atoms with Gasteiger partial charge in [-0.3, -0.25) is 4.79 Å². The number of hydrogen-bond acceptors (Lipinski definition) is 3. The van der Waals surface area contributed by atoms with Crippen LogP contribution in [0.5, 0.6) is 0 Å². The number of halogens is 1. The van der Waals surface area contributed by atoms with Gasteiger partial charge in [-0.15, -0.1) is 0 Å². The van der Waals surface area contributed by atoms with E-state index in [1.807, 2.05) is 0 Å². The molecule has 1 heterocycles. The lowest BCUT2D eigenvalue weighted by molar-refractivity contribution is 0.0893. The Hall–Kier alpha value is -1.46. The lowest BCUT2D eigenvalue weighted by atomic mass is 10.0. The number of nitrogens with one attached hydrogen (secondary N) is 1. The summed E-state index contributed by atoms with van der Waals surface area (Å²) in [4.78, 5) is 14.3. The highest BCUT2D eigenvalue weighted by Crippen LogP contribution is 2.11. The minimum atomic E-state index is -0.326. The summed E-state index contributed by atoms with van der Waals surface area (Å²) in [7, 11) is 1.70. The minimum absolute atomic E-state index is 0.125. The second kappa shape index (κ2) is 7.36. The van der Waals surface area contributed by atoms with Crippen LogP contribution in [0.2, 0.25) is 0 Å². The number of likely N-dealkylation sites (tertiary alicyclic amines) is 1. The Morgan fingerprint density at radius 2 is 2.00 bits per heavy atom. The van der Waals surface area contributed by atoms with E-state index in [2.05, 4.69) is 10.2 Å². The van der Waals surface area contributed by atoms with E-state index in [0.717, 1.165) is 39.1 Å². The van der Waals surface area contributed by atoms with Crippen LogP contribution in [0.15, 0.2) is 24.3 Å². The van der Waals surface area contributed by atoms with Gasteiger partial charge in [0.25, 0.3) is 5.91 Å². The zero-order valence-electron chi connectivity index (χ0n) is 11.8. The Kier molecular flexibility index (Phi) is 5.49. The first-order chi connectivity index (χ1) is 9.69. The van der Waals surface area contributed by atoms with Crippen molar-refractivity contribution in [2.24, 2.45) is 0 Å². The molecule has 1 aromatic rings. The number of amides is 1. The molecule has 0 aromatic heterocycles. The molecule has 2 rings (SSSR count). The molecule has 0 spiro atoms. The molecule has 0 saturated carbocycles. The Balaban J connectivity index is 1.77. The van der Waals surface area contributed by atoms with Crippen molar-refractivity contribution in [3.05, 3.63) is 35.6 Å². The molecular formula is C15H21FN2O2. The third-order valence-corrected chi connectivity index (χ3v) is 3.64. The lowest BCUT2D eigenvalue weighted by Crippen LogP contribution is -2.45. The van der Waals surface area contributed by atoms with Crippen molar-refractivity contribution in [1.82, 2.24) is 10.2 Å². The van der Waals surface area contributed by atoms with Gasteiger partial charge in [-0.25, -0.2) is 4.39 Å². The van der Waals surface area contributed by atoms with Crippen LogP contribution in [0.4, 0.5) is 4.39 Å². The lowest BCUT2D eigenvalue weighted by Gasteiger charge is -2.32. The van der Waals surface area contributed by atoms with Crippen LogP contribution in [0.3, 0.4) is 0 Å². The topological polar surface area (TPSA) is 41.6 Å². The molecule has 110 valence electrons. The molecule has 0 unspecified atom stereocenters. The molecule has 0 bridgehead atoms. The standard InChI is InChI=1S/C15H21FN2O2/c1-20-11-10-18-8-6-14(7-9-18)17-15(19)12-2-4-13(16)5-3-12/h2-5,14H,6-11H2,1H3,(H,17,19). The minimum Gasteiger partial charge on any atom is -0.383 e. The fourth-order valence-electron chi connectivity index (χ4n) is 2.39. The first kappa shape index (κ1) is 14.9. The van der Waals surface area contributed by atoms with Gasteiger partial charge in [-0.1, -0.05) is 0 Å². The fourth-order valence-corrected chi connectivity index (χ4v) is 2.39. The summed E-state index contributed by atoms with van der Waals surface area (Å²) in [5.41, 5.74) is 0.508. The second-order valence-electron chi connectivity index (χ2n) is 5.09. The molecule has 1 N–H and O–H groups in total. The highest BCUT2D eigenvalue weighted by molar-refractivity contribution is 5.94. The van der Waals surface area contributed by atoms with Crippen molar-refractivity contribution in [1.29, 1.82) is 0 Å². The van der Waals surface area contributed by atoms with Gasteiger partial charge in [0.05, 0.1) is 6.61 Å². The molecule has 1 fully saturated rings. The molecule has 0 radical (unpaired) electrons. The van der Waals surface area contributed by atoms with Crippen molar-refractivity contribution in [2.75, 3.05) is 33.4 Å². The molecule has 1 aliphatic heterocycles. The van der Waals surface area contributed by atoms with Crippen LogP contribution >= 0.6 is 0 Å². The predicted octanol–water partition coefficient (Wildman–Crippen LogP) is 1.67. The predicted molar refractivity (Wildman–Crippen MR) is 75.2 cm³/mol. The van der Waals surface area contributed by atoms with Gasteiger partial charge in [-0.05, 0) is 37.1 Å². The van der Waals surface area contributed by atoms with Crippen LogP contribution < -0.4 is 5.32 Å². The van der Waals surface area contributed by atoms with Crippen LogP contribution in [0, 0.1) is 5.82 Å². The van der Waals surface area contributed by atoms with Gasteiger partial charge in [0, 0.05) is 38.3 Å². The van der Waals surface area contributed by atoms with Crippen LogP contribution in [0.25, 0.3) is 0 Å². The third-order valence-electron chi connectivity index (χ3n) is 3.64. The van der Waals surface area contributed by atoms with Crippen molar-refractivity contribution in [3.63, 3.8) is 0 Å². The van der Waals surface area contributed by atoms with Gasteiger partial charge in [0.1, 0.15) is 5.82 Å². The van der Waals surface area contributed by atoms with Crippen LogP contribution in [0.1, 0.15) is 23.2 Å². The Morgan fingerprint density at radius 3 is 2.60 bits per heavy atom. The molecule has 1 amide bonds.